The summed E-state index contributed by atoms with van der Waals surface area (Å²) in [6.07, 6.45) is 1.26. The van der Waals surface area contributed by atoms with E-state index < -0.39 is 5.54 Å². The van der Waals surface area contributed by atoms with Gasteiger partial charge in [0.25, 0.3) is 0 Å². The fraction of sp³-hybridized carbons (Fsp3) is 0.364. The summed E-state index contributed by atoms with van der Waals surface area (Å²) in [5, 5.41) is 9.46. The molecule has 1 unspecified atom stereocenters. The van der Waals surface area contributed by atoms with Crippen molar-refractivity contribution in [1.29, 1.82) is 5.26 Å². The lowest BCUT2D eigenvalue weighted by Crippen LogP contribution is -2.51. The van der Waals surface area contributed by atoms with Gasteiger partial charge in [0.15, 0.2) is 0 Å². The van der Waals surface area contributed by atoms with Crippen LogP contribution in [0, 0.1) is 17.2 Å². The lowest BCUT2D eigenvalue weighted by Gasteiger charge is -2.43. The Morgan fingerprint density at radius 3 is 2.12 bits per heavy atom. The van der Waals surface area contributed by atoms with E-state index in [1.165, 1.54) is 0 Å². The highest BCUT2D eigenvalue weighted by atomic mass is 16.2. The number of carbonyl (C=O) groups excluding carboxylic acids is 1. The van der Waals surface area contributed by atoms with Crippen LogP contribution in [0.3, 0.4) is 0 Å². The molecule has 2 aromatic rings. The third-order valence-corrected chi connectivity index (χ3v) is 5.24. The van der Waals surface area contributed by atoms with Crippen LogP contribution in [-0.4, -0.2) is 42.9 Å². The van der Waals surface area contributed by atoms with Crippen LogP contribution >= 0.6 is 0 Å². The second-order valence-electron chi connectivity index (χ2n) is 7.13. The van der Waals surface area contributed by atoms with Gasteiger partial charge < -0.3 is 9.80 Å². The van der Waals surface area contributed by atoms with Gasteiger partial charge in [-0.05, 0) is 31.6 Å². The maximum absolute atomic E-state index is 13.2. The molecule has 1 aliphatic rings. The van der Waals surface area contributed by atoms with Crippen molar-refractivity contribution >= 4 is 5.91 Å². The zero-order chi connectivity index (χ0) is 18.6. The molecule has 3 rings (SSSR count). The largest absolute Gasteiger partial charge is 0.327 e. The summed E-state index contributed by atoms with van der Waals surface area (Å²) >= 11 is 0. The number of hydrogen-bond acceptors (Lipinski definition) is 3. The maximum Gasteiger partial charge on any atom is 0.237 e. The fourth-order valence-electron chi connectivity index (χ4n) is 4.26. The second-order valence-corrected chi connectivity index (χ2v) is 7.13. The molecule has 1 heterocycles. The Bertz CT molecular complexity index is 741. The third kappa shape index (κ3) is 3.11. The van der Waals surface area contributed by atoms with Crippen LogP contribution in [0.4, 0.5) is 0 Å². The first-order valence-electron chi connectivity index (χ1n) is 9.04. The molecule has 0 aromatic heterocycles. The van der Waals surface area contributed by atoms with Gasteiger partial charge in [-0.25, -0.2) is 0 Å². The number of nitrogens with zero attached hydrogens (tertiary/aromatic N) is 3. The molecule has 0 spiro atoms. The van der Waals surface area contributed by atoms with E-state index in [0.717, 1.165) is 17.5 Å². The summed E-state index contributed by atoms with van der Waals surface area (Å²) in [7, 11) is 3.82. The van der Waals surface area contributed by atoms with Crippen LogP contribution in [0.15, 0.2) is 60.7 Å². The monoisotopic (exact) mass is 347 g/mol. The first-order chi connectivity index (χ1) is 12.6. The van der Waals surface area contributed by atoms with E-state index in [4.69, 9.17) is 0 Å². The smallest absolute Gasteiger partial charge is 0.237 e. The van der Waals surface area contributed by atoms with Crippen molar-refractivity contribution in [3.8, 4) is 6.07 Å². The number of amides is 1. The summed E-state index contributed by atoms with van der Waals surface area (Å²) in [5.41, 5.74) is 1.57. The zero-order valence-corrected chi connectivity index (χ0v) is 15.4. The van der Waals surface area contributed by atoms with E-state index in [0.29, 0.717) is 19.5 Å². The normalized spacial score (nSPS) is 18.7. The van der Waals surface area contributed by atoms with Gasteiger partial charge in [0.05, 0.1) is 18.2 Å². The first-order valence-corrected chi connectivity index (χ1v) is 9.04. The Morgan fingerprint density at radius 2 is 1.65 bits per heavy atom. The lowest BCUT2D eigenvalue weighted by molar-refractivity contribution is -0.135. The van der Waals surface area contributed by atoms with E-state index in [9.17, 15) is 10.1 Å². The van der Waals surface area contributed by atoms with Crippen LogP contribution in [-0.2, 0) is 10.3 Å². The quantitative estimate of drug-likeness (QED) is 0.834. The number of rotatable bonds is 5. The molecular weight excluding hydrogens is 322 g/mol. The fourth-order valence-corrected chi connectivity index (χ4v) is 4.26. The summed E-state index contributed by atoms with van der Waals surface area (Å²) in [4.78, 5) is 17.1. The predicted molar refractivity (Wildman–Crippen MR) is 102 cm³/mol. The van der Waals surface area contributed by atoms with E-state index in [1.807, 2.05) is 60.3 Å². The molecule has 1 fully saturated rings. The van der Waals surface area contributed by atoms with E-state index >= 15 is 0 Å². The van der Waals surface area contributed by atoms with Gasteiger partial charge in [-0.1, -0.05) is 60.7 Å². The Morgan fingerprint density at radius 1 is 1.12 bits per heavy atom. The minimum atomic E-state index is -0.592. The first kappa shape index (κ1) is 18.2. The van der Waals surface area contributed by atoms with E-state index in [-0.39, 0.29) is 11.8 Å². The van der Waals surface area contributed by atoms with Gasteiger partial charge in [-0.2, -0.15) is 5.26 Å². The van der Waals surface area contributed by atoms with E-state index in [2.05, 4.69) is 30.3 Å². The zero-order valence-electron chi connectivity index (χ0n) is 15.4. The molecule has 4 nitrogen and oxygen atoms in total. The number of likely N-dealkylation sites (N-methyl/N-ethyl adjacent to an activating group) is 1. The standard InChI is InChI=1S/C22H25N3O/c1-24(2)17-21(26)25-16-14-20(13-15-23)22(25,18-9-5-3-6-10-18)19-11-7-4-8-12-19/h3-12,20H,13-14,16-17H2,1-2H3. The third-order valence-electron chi connectivity index (χ3n) is 5.24. The van der Waals surface area contributed by atoms with Gasteiger partial charge in [0.2, 0.25) is 5.91 Å². The molecule has 2 aromatic carbocycles. The molecule has 1 amide bonds. The van der Waals surface area contributed by atoms with Gasteiger partial charge in [0.1, 0.15) is 0 Å². The molecule has 1 atom stereocenters. The molecule has 0 N–H and O–H groups in total. The van der Waals surface area contributed by atoms with Crippen molar-refractivity contribution < 1.29 is 4.79 Å². The van der Waals surface area contributed by atoms with Gasteiger partial charge >= 0.3 is 0 Å². The van der Waals surface area contributed by atoms with Crippen molar-refractivity contribution in [1.82, 2.24) is 9.80 Å². The average molecular weight is 347 g/mol. The van der Waals surface area contributed by atoms with Gasteiger partial charge in [-0.3, -0.25) is 4.79 Å². The molecule has 4 heteroatoms. The maximum atomic E-state index is 13.2. The number of hydrogen-bond donors (Lipinski definition) is 0. The van der Waals surface area contributed by atoms with Crippen LogP contribution in [0.2, 0.25) is 0 Å². The Hall–Kier alpha value is -2.64. The summed E-state index contributed by atoms with van der Waals surface area (Å²) in [6.45, 7) is 1.03. The lowest BCUT2D eigenvalue weighted by atomic mass is 9.72. The second kappa shape index (κ2) is 7.72. The van der Waals surface area contributed by atoms with Gasteiger partial charge in [-0.15, -0.1) is 0 Å². The SMILES string of the molecule is CN(C)CC(=O)N1CCC(CC#N)C1(c1ccccc1)c1ccccc1. The molecule has 0 saturated carbocycles. The Labute approximate surface area is 155 Å². The highest BCUT2D eigenvalue weighted by Gasteiger charge is 2.52. The number of nitriles is 1. The number of likely N-dealkylation sites (tertiary alicyclic amines) is 1. The van der Waals surface area contributed by atoms with Crippen molar-refractivity contribution in [3.05, 3.63) is 71.8 Å². The molecule has 1 aliphatic heterocycles. The van der Waals surface area contributed by atoms with Crippen molar-refractivity contribution in [2.24, 2.45) is 5.92 Å². The molecule has 1 saturated heterocycles. The number of carbonyl (C=O) groups is 1. The van der Waals surface area contributed by atoms with Crippen LogP contribution < -0.4 is 0 Å². The minimum Gasteiger partial charge on any atom is -0.327 e. The molecule has 0 bridgehead atoms. The average Bonchev–Trinajstić information content (AvgIpc) is 3.03. The molecule has 0 radical (unpaired) electrons. The van der Waals surface area contributed by atoms with E-state index in [1.54, 1.807) is 0 Å². The van der Waals surface area contributed by atoms with Crippen LogP contribution in [0.5, 0.6) is 0 Å². The summed E-state index contributed by atoms with van der Waals surface area (Å²) in [5.74, 6) is 0.173. The van der Waals surface area contributed by atoms with Crippen LogP contribution in [0.1, 0.15) is 24.0 Å². The van der Waals surface area contributed by atoms with Crippen LogP contribution in [0.25, 0.3) is 0 Å². The van der Waals surface area contributed by atoms with Crippen molar-refractivity contribution in [3.63, 3.8) is 0 Å². The Kier molecular flexibility index (Phi) is 5.39. The highest BCUT2D eigenvalue weighted by Crippen LogP contribution is 2.49. The summed E-state index contributed by atoms with van der Waals surface area (Å²) < 4.78 is 0. The van der Waals surface area contributed by atoms with Crippen molar-refractivity contribution in [2.75, 3.05) is 27.2 Å². The van der Waals surface area contributed by atoms with Crippen molar-refractivity contribution in [2.45, 2.75) is 18.4 Å². The number of benzene rings is 2. The Balaban J connectivity index is 2.21. The predicted octanol–water partition coefficient (Wildman–Crippen LogP) is 3.25. The minimum absolute atomic E-state index is 0.0726. The summed E-state index contributed by atoms with van der Waals surface area (Å²) in [6, 6.07) is 22.7. The van der Waals surface area contributed by atoms with Gasteiger partial charge in [0, 0.05) is 18.9 Å². The molecular formula is C22H25N3O. The molecule has 0 aliphatic carbocycles. The highest BCUT2D eigenvalue weighted by molar-refractivity contribution is 5.80. The molecule has 26 heavy (non-hydrogen) atoms. The molecule has 134 valence electrons. The topological polar surface area (TPSA) is 47.3 Å².